The molecule has 0 bridgehead atoms. The number of nitrogens with one attached hydrogen (secondary N) is 2. The molecule has 1 aliphatic carbocycles. The Morgan fingerprint density at radius 1 is 1.10 bits per heavy atom. The molecule has 0 radical (unpaired) electrons. The number of morpholine rings is 1. The van der Waals surface area contributed by atoms with Crippen molar-refractivity contribution < 1.29 is 14.3 Å². The SMILES string of the molecule is CC(C)(C)NC(=O)NC1CCC(Oc2cc(N3CCOCC3)cc3nccnc23)CC1. The van der Waals surface area contributed by atoms with Crippen LogP contribution in [0.3, 0.4) is 0 Å². The Labute approximate surface area is 183 Å². The van der Waals surface area contributed by atoms with E-state index in [-0.39, 0.29) is 23.7 Å². The number of amides is 2. The lowest BCUT2D eigenvalue weighted by atomic mass is 9.93. The van der Waals surface area contributed by atoms with Crippen molar-refractivity contribution in [3.8, 4) is 5.75 Å². The van der Waals surface area contributed by atoms with Crippen LogP contribution in [0.4, 0.5) is 10.5 Å². The summed E-state index contributed by atoms with van der Waals surface area (Å²) in [5, 5.41) is 6.06. The highest BCUT2D eigenvalue weighted by Crippen LogP contribution is 2.32. The monoisotopic (exact) mass is 427 g/mol. The summed E-state index contributed by atoms with van der Waals surface area (Å²) in [5.74, 6) is 0.786. The quantitative estimate of drug-likeness (QED) is 0.779. The number of carbonyl (C=O) groups is 1. The van der Waals surface area contributed by atoms with Crippen LogP contribution in [0.15, 0.2) is 24.5 Å². The largest absolute Gasteiger partial charge is 0.488 e. The first-order valence-corrected chi connectivity index (χ1v) is 11.2. The van der Waals surface area contributed by atoms with Gasteiger partial charge in [-0.2, -0.15) is 0 Å². The van der Waals surface area contributed by atoms with Gasteiger partial charge in [0.15, 0.2) is 0 Å². The first-order valence-electron chi connectivity index (χ1n) is 11.2. The van der Waals surface area contributed by atoms with Crippen molar-refractivity contribution in [2.75, 3.05) is 31.2 Å². The number of ether oxygens (including phenoxy) is 2. The molecule has 0 unspecified atom stereocenters. The lowest BCUT2D eigenvalue weighted by Gasteiger charge is -2.32. The Bertz CT molecular complexity index is 900. The summed E-state index contributed by atoms with van der Waals surface area (Å²) in [7, 11) is 0. The molecule has 2 N–H and O–H groups in total. The average Bonchev–Trinajstić information content (AvgIpc) is 2.74. The van der Waals surface area contributed by atoms with E-state index in [1.807, 2.05) is 20.8 Å². The fraction of sp³-hybridized carbons (Fsp3) is 0.609. The van der Waals surface area contributed by atoms with E-state index in [1.54, 1.807) is 12.4 Å². The second kappa shape index (κ2) is 9.26. The Balaban J connectivity index is 1.41. The molecule has 2 aromatic rings. The maximum Gasteiger partial charge on any atom is 0.315 e. The topological polar surface area (TPSA) is 88.6 Å². The second-order valence-corrected chi connectivity index (χ2v) is 9.41. The zero-order valence-electron chi connectivity index (χ0n) is 18.7. The number of urea groups is 1. The molecule has 4 rings (SSSR count). The number of hydrogen-bond donors (Lipinski definition) is 2. The molecule has 2 heterocycles. The molecule has 1 aromatic carbocycles. The Morgan fingerprint density at radius 3 is 2.52 bits per heavy atom. The van der Waals surface area contributed by atoms with E-state index in [0.29, 0.717) is 0 Å². The van der Waals surface area contributed by atoms with Gasteiger partial charge >= 0.3 is 6.03 Å². The van der Waals surface area contributed by atoms with E-state index in [2.05, 4.69) is 37.6 Å². The summed E-state index contributed by atoms with van der Waals surface area (Å²) in [4.78, 5) is 23.5. The predicted molar refractivity (Wildman–Crippen MR) is 121 cm³/mol. The summed E-state index contributed by atoms with van der Waals surface area (Å²) >= 11 is 0. The first-order chi connectivity index (χ1) is 14.9. The van der Waals surface area contributed by atoms with E-state index < -0.39 is 0 Å². The van der Waals surface area contributed by atoms with Gasteiger partial charge in [0.2, 0.25) is 0 Å². The molecule has 2 amide bonds. The number of rotatable bonds is 4. The van der Waals surface area contributed by atoms with Gasteiger partial charge in [0, 0.05) is 48.8 Å². The second-order valence-electron chi connectivity index (χ2n) is 9.41. The third kappa shape index (κ3) is 5.76. The van der Waals surface area contributed by atoms with Gasteiger partial charge in [0.05, 0.1) is 24.8 Å². The van der Waals surface area contributed by atoms with Gasteiger partial charge in [-0.1, -0.05) is 0 Å². The van der Waals surface area contributed by atoms with Gasteiger partial charge in [-0.05, 0) is 52.5 Å². The van der Waals surface area contributed by atoms with E-state index in [4.69, 9.17) is 9.47 Å². The normalized spacial score (nSPS) is 22.2. The molecular weight excluding hydrogens is 394 g/mol. The molecule has 168 valence electrons. The van der Waals surface area contributed by atoms with Crippen molar-refractivity contribution in [2.24, 2.45) is 0 Å². The lowest BCUT2D eigenvalue weighted by molar-refractivity contribution is 0.122. The van der Waals surface area contributed by atoms with Crippen LogP contribution in [0.5, 0.6) is 5.75 Å². The highest BCUT2D eigenvalue weighted by atomic mass is 16.5. The van der Waals surface area contributed by atoms with Gasteiger partial charge in [-0.3, -0.25) is 4.98 Å². The standard InChI is InChI=1S/C23H33N5O3/c1-23(2,3)27-22(29)26-16-4-6-18(7-5-16)31-20-15-17(28-10-12-30-13-11-28)14-19-21(20)25-9-8-24-19/h8-9,14-16,18H,4-7,10-13H2,1-3H3,(H2,26,27,29). The van der Waals surface area contributed by atoms with Crippen LogP contribution >= 0.6 is 0 Å². The van der Waals surface area contributed by atoms with Gasteiger partial charge in [-0.15, -0.1) is 0 Å². The van der Waals surface area contributed by atoms with E-state index >= 15 is 0 Å². The van der Waals surface area contributed by atoms with Crippen LogP contribution in [0, 0.1) is 0 Å². The molecule has 2 aliphatic rings. The fourth-order valence-electron chi connectivity index (χ4n) is 4.19. The third-order valence-electron chi connectivity index (χ3n) is 5.69. The van der Waals surface area contributed by atoms with Crippen LogP contribution in [-0.2, 0) is 4.74 Å². The molecule has 2 fully saturated rings. The average molecular weight is 428 g/mol. The molecule has 1 aliphatic heterocycles. The molecule has 8 heteroatoms. The summed E-state index contributed by atoms with van der Waals surface area (Å²) < 4.78 is 11.9. The molecule has 1 saturated carbocycles. The minimum atomic E-state index is -0.238. The fourth-order valence-corrected chi connectivity index (χ4v) is 4.19. The Morgan fingerprint density at radius 2 is 1.81 bits per heavy atom. The van der Waals surface area contributed by atoms with Crippen LogP contribution < -0.4 is 20.3 Å². The number of carbonyl (C=O) groups excluding carboxylic acids is 1. The van der Waals surface area contributed by atoms with Crippen molar-refractivity contribution in [3.05, 3.63) is 24.5 Å². The number of hydrogen-bond acceptors (Lipinski definition) is 6. The van der Waals surface area contributed by atoms with E-state index in [1.165, 1.54) is 0 Å². The zero-order chi connectivity index (χ0) is 21.8. The molecule has 0 spiro atoms. The maximum absolute atomic E-state index is 12.2. The number of anilines is 1. The van der Waals surface area contributed by atoms with Crippen molar-refractivity contribution in [1.82, 2.24) is 20.6 Å². The zero-order valence-corrected chi connectivity index (χ0v) is 18.7. The van der Waals surface area contributed by atoms with Gasteiger partial charge < -0.3 is 25.0 Å². The van der Waals surface area contributed by atoms with Crippen LogP contribution in [-0.4, -0.2) is 60.0 Å². The first kappa shape index (κ1) is 21.6. The third-order valence-corrected chi connectivity index (χ3v) is 5.69. The van der Waals surface area contributed by atoms with Crippen LogP contribution in [0.25, 0.3) is 11.0 Å². The molecule has 1 aromatic heterocycles. The Kier molecular flexibility index (Phi) is 6.46. The van der Waals surface area contributed by atoms with Gasteiger partial charge in [-0.25, -0.2) is 9.78 Å². The summed E-state index contributed by atoms with van der Waals surface area (Å²) in [6, 6.07) is 4.24. The van der Waals surface area contributed by atoms with Crippen molar-refractivity contribution >= 4 is 22.8 Å². The van der Waals surface area contributed by atoms with Crippen LogP contribution in [0.2, 0.25) is 0 Å². The predicted octanol–water partition coefficient (Wildman–Crippen LogP) is 3.25. The lowest BCUT2D eigenvalue weighted by Crippen LogP contribution is -2.50. The van der Waals surface area contributed by atoms with Gasteiger partial charge in [0.1, 0.15) is 11.3 Å². The van der Waals surface area contributed by atoms with Crippen LogP contribution in [0.1, 0.15) is 46.5 Å². The van der Waals surface area contributed by atoms with Gasteiger partial charge in [0.25, 0.3) is 0 Å². The molecule has 0 atom stereocenters. The summed E-state index contributed by atoms with van der Waals surface area (Å²) in [6.45, 7) is 9.13. The maximum atomic E-state index is 12.2. The molecule has 8 nitrogen and oxygen atoms in total. The van der Waals surface area contributed by atoms with E-state index in [9.17, 15) is 4.79 Å². The summed E-state index contributed by atoms with van der Waals surface area (Å²) in [6.07, 6.45) is 7.11. The minimum absolute atomic E-state index is 0.101. The van der Waals surface area contributed by atoms with Crippen molar-refractivity contribution in [1.29, 1.82) is 0 Å². The smallest absolute Gasteiger partial charge is 0.315 e. The number of benzene rings is 1. The number of aromatic nitrogens is 2. The molecule has 31 heavy (non-hydrogen) atoms. The highest BCUT2D eigenvalue weighted by Gasteiger charge is 2.26. The number of nitrogens with zero attached hydrogens (tertiary/aromatic N) is 3. The van der Waals surface area contributed by atoms with Crippen molar-refractivity contribution in [3.63, 3.8) is 0 Å². The molecular formula is C23H33N5O3. The summed E-state index contributed by atoms with van der Waals surface area (Å²) in [5.41, 5.74) is 2.50. The molecule has 1 saturated heterocycles. The number of fused-ring (bicyclic) bond motifs is 1. The highest BCUT2D eigenvalue weighted by molar-refractivity contribution is 5.85. The minimum Gasteiger partial charge on any atom is -0.488 e. The Hall–Kier alpha value is -2.61. The van der Waals surface area contributed by atoms with Crippen molar-refractivity contribution in [2.45, 2.75) is 64.1 Å². The van der Waals surface area contributed by atoms with E-state index in [0.717, 1.165) is 74.5 Å².